The van der Waals surface area contributed by atoms with E-state index in [1.54, 1.807) is 0 Å². The summed E-state index contributed by atoms with van der Waals surface area (Å²) in [6.45, 7) is 7.51. The zero-order valence-corrected chi connectivity index (χ0v) is 13.7. The Balaban J connectivity index is 2.40. The lowest BCUT2D eigenvalue weighted by Crippen LogP contribution is -2.38. The zero-order valence-electron chi connectivity index (χ0n) is 13.7. The summed E-state index contributed by atoms with van der Waals surface area (Å²) in [5.74, 6) is 2.61. The molecule has 1 fully saturated rings. The van der Waals surface area contributed by atoms with Crippen LogP contribution in [0.4, 0.5) is 11.6 Å². The number of aliphatic hydroxyl groups is 1. The minimum atomic E-state index is -0.0951. The lowest BCUT2D eigenvalue weighted by Gasteiger charge is -2.31. The molecule has 118 valence electrons. The molecular formula is C16H28N4O. The maximum Gasteiger partial charge on any atom is 0.138 e. The number of anilines is 2. The Hall–Kier alpha value is -1.36. The maximum atomic E-state index is 9.70. The highest BCUT2D eigenvalue weighted by atomic mass is 16.3. The fourth-order valence-electron chi connectivity index (χ4n) is 2.71. The van der Waals surface area contributed by atoms with Gasteiger partial charge in [0.05, 0.1) is 12.6 Å². The van der Waals surface area contributed by atoms with Gasteiger partial charge in [0.25, 0.3) is 0 Å². The van der Waals surface area contributed by atoms with Gasteiger partial charge >= 0.3 is 0 Å². The molecule has 1 aliphatic heterocycles. The van der Waals surface area contributed by atoms with E-state index in [9.17, 15) is 5.11 Å². The number of nitrogens with one attached hydrogen (secondary N) is 1. The Morgan fingerprint density at radius 2 is 2.05 bits per heavy atom. The lowest BCUT2D eigenvalue weighted by molar-refractivity contribution is 0.254. The highest BCUT2D eigenvalue weighted by Crippen LogP contribution is 2.27. The molecule has 1 aromatic rings. The molecule has 1 unspecified atom stereocenters. The van der Waals surface area contributed by atoms with Crippen molar-refractivity contribution in [3.05, 3.63) is 11.9 Å². The van der Waals surface area contributed by atoms with E-state index >= 15 is 0 Å². The SMILES string of the molecule is CNc1cc(N2CCCCCC2CO)nc(C(C)(C)C)n1. The number of rotatable bonds is 3. The summed E-state index contributed by atoms with van der Waals surface area (Å²) < 4.78 is 0. The molecule has 0 radical (unpaired) electrons. The van der Waals surface area contributed by atoms with Crippen molar-refractivity contribution >= 4 is 11.6 Å². The van der Waals surface area contributed by atoms with Crippen molar-refractivity contribution in [2.75, 3.05) is 30.4 Å². The summed E-state index contributed by atoms with van der Waals surface area (Å²) >= 11 is 0. The third-order valence-corrected chi connectivity index (χ3v) is 4.02. The highest BCUT2D eigenvalue weighted by Gasteiger charge is 2.25. The number of hydrogen-bond donors (Lipinski definition) is 2. The van der Waals surface area contributed by atoms with Crippen LogP contribution in [0.1, 0.15) is 52.3 Å². The van der Waals surface area contributed by atoms with Crippen LogP contribution in [-0.2, 0) is 5.41 Å². The van der Waals surface area contributed by atoms with Crippen molar-refractivity contribution < 1.29 is 5.11 Å². The van der Waals surface area contributed by atoms with Gasteiger partial charge in [0.2, 0.25) is 0 Å². The first-order valence-corrected chi connectivity index (χ1v) is 7.90. The van der Waals surface area contributed by atoms with Crippen LogP contribution in [0.15, 0.2) is 6.07 Å². The second-order valence-electron chi connectivity index (χ2n) is 6.81. The first-order valence-electron chi connectivity index (χ1n) is 7.90. The summed E-state index contributed by atoms with van der Waals surface area (Å²) in [6, 6.07) is 2.16. The maximum absolute atomic E-state index is 9.70. The summed E-state index contributed by atoms with van der Waals surface area (Å²) in [4.78, 5) is 11.6. The standard InChI is InChI=1S/C16H28N4O/c1-16(2,3)15-18-13(17-4)10-14(19-15)20-9-7-5-6-8-12(20)11-21/h10,12,21H,5-9,11H2,1-4H3,(H,17,18,19). The van der Waals surface area contributed by atoms with Crippen LogP contribution in [0.5, 0.6) is 0 Å². The number of aliphatic hydroxyl groups excluding tert-OH is 1. The van der Waals surface area contributed by atoms with Crippen LogP contribution in [0.2, 0.25) is 0 Å². The molecule has 1 atom stereocenters. The van der Waals surface area contributed by atoms with Gasteiger partial charge in [-0.2, -0.15) is 0 Å². The monoisotopic (exact) mass is 292 g/mol. The number of hydrogen-bond acceptors (Lipinski definition) is 5. The Kier molecular flexibility index (Phi) is 5.04. The first kappa shape index (κ1) is 16.0. The number of nitrogens with zero attached hydrogens (tertiary/aromatic N) is 3. The summed E-state index contributed by atoms with van der Waals surface area (Å²) in [6.07, 6.45) is 4.58. The molecule has 0 spiro atoms. The molecule has 0 aromatic carbocycles. The molecular weight excluding hydrogens is 264 g/mol. The van der Waals surface area contributed by atoms with Crippen molar-refractivity contribution in [2.24, 2.45) is 0 Å². The molecule has 0 amide bonds. The summed E-state index contributed by atoms with van der Waals surface area (Å²) in [7, 11) is 1.88. The smallest absolute Gasteiger partial charge is 0.138 e. The van der Waals surface area contributed by atoms with Crippen molar-refractivity contribution in [1.29, 1.82) is 0 Å². The van der Waals surface area contributed by atoms with Gasteiger partial charge in [-0.1, -0.05) is 33.6 Å². The van der Waals surface area contributed by atoms with Gasteiger partial charge in [0.1, 0.15) is 17.5 Å². The predicted molar refractivity (Wildman–Crippen MR) is 87.0 cm³/mol. The van der Waals surface area contributed by atoms with Crippen LogP contribution < -0.4 is 10.2 Å². The van der Waals surface area contributed by atoms with E-state index in [1.165, 1.54) is 12.8 Å². The van der Waals surface area contributed by atoms with Crippen molar-refractivity contribution in [2.45, 2.75) is 57.9 Å². The first-order chi connectivity index (χ1) is 9.95. The third kappa shape index (κ3) is 3.84. The van der Waals surface area contributed by atoms with E-state index in [4.69, 9.17) is 4.98 Å². The van der Waals surface area contributed by atoms with Gasteiger partial charge in [0.15, 0.2) is 0 Å². The molecule has 0 bridgehead atoms. The van der Waals surface area contributed by atoms with Crippen molar-refractivity contribution in [3.63, 3.8) is 0 Å². The lowest BCUT2D eigenvalue weighted by atomic mass is 9.95. The Labute approximate surface area is 127 Å². The van der Waals surface area contributed by atoms with E-state index in [2.05, 4.69) is 36.0 Å². The van der Waals surface area contributed by atoms with E-state index in [-0.39, 0.29) is 18.1 Å². The van der Waals surface area contributed by atoms with Gasteiger partial charge in [-0.25, -0.2) is 9.97 Å². The van der Waals surface area contributed by atoms with Crippen molar-refractivity contribution in [1.82, 2.24) is 9.97 Å². The summed E-state index contributed by atoms with van der Waals surface area (Å²) in [5, 5.41) is 12.8. The van der Waals surface area contributed by atoms with Gasteiger partial charge in [-0.3, -0.25) is 0 Å². The minimum absolute atomic E-state index is 0.0951. The van der Waals surface area contributed by atoms with Crippen LogP contribution in [-0.4, -0.2) is 41.3 Å². The second-order valence-corrected chi connectivity index (χ2v) is 6.81. The quantitative estimate of drug-likeness (QED) is 0.896. The van der Waals surface area contributed by atoms with Crippen LogP contribution >= 0.6 is 0 Å². The second kappa shape index (κ2) is 6.60. The average Bonchev–Trinajstić information content (AvgIpc) is 2.70. The van der Waals surface area contributed by atoms with E-state index in [0.29, 0.717) is 0 Å². The molecule has 1 aliphatic rings. The van der Waals surface area contributed by atoms with Crippen molar-refractivity contribution in [3.8, 4) is 0 Å². The molecule has 2 N–H and O–H groups in total. The normalized spacial score (nSPS) is 20.2. The Morgan fingerprint density at radius 3 is 2.67 bits per heavy atom. The largest absolute Gasteiger partial charge is 0.394 e. The number of aromatic nitrogens is 2. The van der Waals surface area contributed by atoms with Gasteiger partial charge in [-0.05, 0) is 12.8 Å². The van der Waals surface area contributed by atoms with Crippen LogP contribution in [0, 0.1) is 0 Å². The molecule has 21 heavy (non-hydrogen) atoms. The predicted octanol–water partition coefficient (Wildman–Crippen LogP) is 2.56. The molecule has 5 nitrogen and oxygen atoms in total. The molecule has 5 heteroatoms. The Bertz CT molecular complexity index is 470. The highest BCUT2D eigenvalue weighted by molar-refractivity contribution is 5.50. The molecule has 0 aliphatic carbocycles. The van der Waals surface area contributed by atoms with E-state index < -0.39 is 0 Å². The summed E-state index contributed by atoms with van der Waals surface area (Å²) in [5.41, 5.74) is -0.0951. The Morgan fingerprint density at radius 1 is 1.29 bits per heavy atom. The molecule has 1 aromatic heterocycles. The van der Waals surface area contributed by atoms with Gasteiger partial charge in [0, 0.05) is 25.1 Å². The molecule has 2 rings (SSSR count). The van der Waals surface area contributed by atoms with Gasteiger partial charge < -0.3 is 15.3 Å². The average molecular weight is 292 g/mol. The van der Waals surface area contributed by atoms with Crippen LogP contribution in [0.25, 0.3) is 0 Å². The van der Waals surface area contributed by atoms with E-state index in [1.807, 2.05) is 13.1 Å². The van der Waals surface area contributed by atoms with E-state index in [0.717, 1.165) is 36.8 Å². The molecule has 0 saturated carbocycles. The fraction of sp³-hybridized carbons (Fsp3) is 0.750. The minimum Gasteiger partial charge on any atom is -0.394 e. The zero-order chi connectivity index (χ0) is 15.5. The molecule has 1 saturated heterocycles. The fourth-order valence-corrected chi connectivity index (χ4v) is 2.71. The third-order valence-electron chi connectivity index (χ3n) is 4.02. The topological polar surface area (TPSA) is 61.3 Å². The van der Waals surface area contributed by atoms with Crippen LogP contribution in [0.3, 0.4) is 0 Å². The van der Waals surface area contributed by atoms with Gasteiger partial charge in [-0.15, -0.1) is 0 Å². The molecule has 2 heterocycles.